The summed E-state index contributed by atoms with van der Waals surface area (Å²) >= 11 is 4.92. The standard InChI is InChI=1S/C28H21BrN2O3S/c1-34-23-14-16(6-13-22(23)32)15-24-27(33)31-26(18-7-10-19(29)11-8-18)21-12-9-17-4-2-3-5-20(17)25(21)30-28(31)35-24/h2-8,10-11,13-15,26,32H,9,12H2,1H3/b24-15-/t26-/m0/s1. The van der Waals surface area contributed by atoms with E-state index in [1.807, 2.05) is 28.8 Å². The normalized spacial score (nSPS) is 16.9. The highest BCUT2D eigenvalue weighted by molar-refractivity contribution is 9.10. The van der Waals surface area contributed by atoms with E-state index < -0.39 is 0 Å². The van der Waals surface area contributed by atoms with Crippen molar-refractivity contribution in [1.29, 1.82) is 0 Å². The minimum Gasteiger partial charge on any atom is -0.504 e. The Bertz CT molecular complexity index is 1680. The molecule has 5 nitrogen and oxygen atoms in total. The fraction of sp³-hybridized carbons (Fsp3) is 0.143. The van der Waals surface area contributed by atoms with Crippen LogP contribution < -0.4 is 19.6 Å². The first-order chi connectivity index (χ1) is 17.0. The van der Waals surface area contributed by atoms with Crippen LogP contribution in [0.3, 0.4) is 0 Å². The summed E-state index contributed by atoms with van der Waals surface area (Å²) < 4.78 is 8.66. The molecular formula is C28H21BrN2O3S. The Morgan fingerprint density at radius 3 is 2.71 bits per heavy atom. The first kappa shape index (κ1) is 22.1. The summed E-state index contributed by atoms with van der Waals surface area (Å²) in [5.41, 5.74) is 6.37. The number of allylic oxidation sites excluding steroid dienone is 1. The van der Waals surface area contributed by atoms with E-state index in [2.05, 4.69) is 46.3 Å². The van der Waals surface area contributed by atoms with Crippen molar-refractivity contribution < 1.29 is 9.84 Å². The number of phenolic OH excluding ortho intramolecular Hbond substituents is 1. The molecule has 0 spiro atoms. The van der Waals surface area contributed by atoms with Gasteiger partial charge in [0.25, 0.3) is 5.56 Å². The number of aromatic hydroxyl groups is 1. The minimum absolute atomic E-state index is 0.0627. The molecule has 0 bridgehead atoms. The number of hydrogen-bond donors (Lipinski definition) is 1. The number of aromatic nitrogens is 1. The highest BCUT2D eigenvalue weighted by Gasteiger charge is 2.32. The fourth-order valence-corrected chi connectivity index (χ4v) is 6.17. The third-order valence-corrected chi connectivity index (χ3v) is 8.07. The summed E-state index contributed by atoms with van der Waals surface area (Å²) in [5, 5.41) is 9.94. The molecule has 3 aromatic carbocycles. The van der Waals surface area contributed by atoms with E-state index in [1.165, 1.54) is 29.6 Å². The largest absolute Gasteiger partial charge is 0.504 e. The van der Waals surface area contributed by atoms with Crippen LogP contribution in [0.1, 0.15) is 34.7 Å². The van der Waals surface area contributed by atoms with Crippen LogP contribution in [0.2, 0.25) is 0 Å². The van der Waals surface area contributed by atoms with Gasteiger partial charge >= 0.3 is 0 Å². The lowest BCUT2D eigenvalue weighted by molar-refractivity contribution is 0.373. The number of rotatable bonds is 3. The maximum Gasteiger partial charge on any atom is 0.271 e. The lowest BCUT2D eigenvalue weighted by Crippen LogP contribution is -2.38. The maximum absolute atomic E-state index is 13.8. The quantitative estimate of drug-likeness (QED) is 0.403. The number of hydrogen-bond acceptors (Lipinski definition) is 5. The number of ether oxygens (including phenoxy) is 1. The molecule has 6 rings (SSSR count). The van der Waals surface area contributed by atoms with Gasteiger partial charge in [0, 0.05) is 10.0 Å². The van der Waals surface area contributed by atoms with Crippen molar-refractivity contribution in [2.45, 2.75) is 18.9 Å². The van der Waals surface area contributed by atoms with E-state index in [-0.39, 0.29) is 17.4 Å². The second-order valence-corrected chi connectivity index (χ2v) is 10.5. The smallest absolute Gasteiger partial charge is 0.271 e. The Kier molecular flexibility index (Phi) is 5.46. The van der Waals surface area contributed by atoms with Crippen LogP contribution in [0.5, 0.6) is 11.5 Å². The molecule has 7 heteroatoms. The minimum atomic E-state index is -0.209. The molecule has 2 aliphatic rings. The van der Waals surface area contributed by atoms with Gasteiger partial charge in [0.05, 0.1) is 23.4 Å². The van der Waals surface area contributed by atoms with Crippen LogP contribution in [0.15, 0.2) is 86.6 Å². The zero-order chi connectivity index (χ0) is 24.1. The molecule has 4 aromatic rings. The molecule has 35 heavy (non-hydrogen) atoms. The number of benzene rings is 3. The van der Waals surface area contributed by atoms with Gasteiger partial charge in [-0.25, -0.2) is 4.99 Å². The van der Waals surface area contributed by atoms with E-state index in [0.29, 0.717) is 15.1 Å². The Labute approximate surface area is 214 Å². The SMILES string of the molecule is COc1cc(/C=c2\sc3n(c2=O)[C@@H](c2ccc(Br)cc2)C2=C(N=3)c3ccccc3CC2)ccc1O. The molecule has 1 aliphatic heterocycles. The van der Waals surface area contributed by atoms with Crippen LogP contribution in [-0.2, 0) is 6.42 Å². The molecule has 0 saturated heterocycles. The van der Waals surface area contributed by atoms with Crippen molar-refractivity contribution in [3.63, 3.8) is 0 Å². The number of aryl methyl sites for hydroxylation is 1. The molecule has 1 aromatic heterocycles. The second-order valence-electron chi connectivity index (χ2n) is 8.60. The fourth-order valence-electron chi connectivity index (χ4n) is 4.90. The van der Waals surface area contributed by atoms with Crippen LogP contribution in [0.4, 0.5) is 0 Å². The topological polar surface area (TPSA) is 63.8 Å². The summed E-state index contributed by atoms with van der Waals surface area (Å²) in [5.74, 6) is 0.430. The van der Waals surface area contributed by atoms with Gasteiger partial charge in [-0.05, 0) is 65.4 Å². The number of phenols is 1. The average molecular weight is 545 g/mol. The Morgan fingerprint density at radius 2 is 1.91 bits per heavy atom. The van der Waals surface area contributed by atoms with Gasteiger partial charge in [-0.15, -0.1) is 0 Å². The molecule has 0 unspecified atom stereocenters. The van der Waals surface area contributed by atoms with Crippen LogP contribution >= 0.6 is 27.3 Å². The molecule has 1 N–H and O–H groups in total. The summed E-state index contributed by atoms with van der Waals surface area (Å²) in [6.45, 7) is 0. The van der Waals surface area contributed by atoms with E-state index in [9.17, 15) is 9.90 Å². The van der Waals surface area contributed by atoms with Gasteiger partial charge in [-0.2, -0.15) is 0 Å². The zero-order valence-electron chi connectivity index (χ0n) is 18.9. The van der Waals surface area contributed by atoms with Crippen molar-refractivity contribution in [1.82, 2.24) is 4.57 Å². The number of methoxy groups -OCH3 is 1. The Morgan fingerprint density at radius 1 is 1.11 bits per heavy atom. The van der Waals surface area contributed by atoms with Gasteiger partial charge in [0.2, 0.25) is 0 Å². The summed E-state index contributed by atoms with van der Waals surface area (Å²) in [6, 6.07) is 21.5. The molecule has 1 atom stereocenters. The Hall–Kier alpha value is -3.42. The highest BCUT2D eigenvalue weighted by Crippen LogP contribution is 2.41. The van der Waals surface area contributed by atoms with E-state index >= 15 is 0 Å². The van der Waals surface area contributed by atoms with Crippen molar-refractivity contribution in [2.75, 3.05) is 7.11 Å². The van der Waals surface area contributed by atoms with Crippen molar-refractivity contribution >= 4 is 39.0 Å². The van der Waals surface area contributed by atoms with Crippen molar-refractivity contribution in [2.24, 2.45) is 4.99 Å². The van der Waals surface area contributed by atoms with Gasteiger partial charge in [0.15, 0.2) is 16.3 Å². The third-order valence-electron chi connectivity index (χ3n) is 6.56. The number of nitrogens with zero attached hydrogens (tertiary/aromatic N) is 2. The monoisotopic (exact) mass is 544 g/mol. The van der Waals surface area contributed by atoms with Crippen LogP contribution in [-0.4, -0.2) is 16.8 Å². The molecule has 0 radical (unpaired) electrons. The molecule has 2 heterocycles. The predicted octanol–water partition coefficient (Wildman–Crippen LogP) is 4.80. The van der Waals surface area contributed by atoms with E-state index in [4.69, 9.17) is 9.73 Å². The zero-order valence-corrected chi connectivity index (χ0v) is 21.3. The van der Waals surface area contributed by atoms with Gasteiger partial charge in [-0.1, -0.05) is 69.7 Å². The summed E-state index contributed by atoms with van der Waals surface area (Å²) in [7, 11) is 1.51. The molecule has 174 valence electrons. The summed E-state index contributed by atoms with van der Waals surface area (Å²) in [6.07, 6.45) is 3.62. The second kappa shape index (κ2) is 8.66. The molecule has 0 amide bonds. The van der Waals surface area contributed by atoms with Crippen molar-refractivity contribution in [3.8, 4) is 11.5 Å². The lowest BCUT2D eigenvalue weighted by Gasteiger charge is -2.30. The van der Waals surface area contributed by atoms with Crippen LogP contribution in [0.25, 0.3) is 11.8 Å². The number of fused-ring (bicyclic) bond motifs is 3. The highest BCUT2D eigenvalue weighted by atomic mass is 79.9. The van der Waals surface area contributed by atoms with E-state index in [0.717, 1.165) is 39.7 Å². The van der Waals surface area contributed by atoms with Crippen molar-refractivity contribution in [3.05, 3.63) is 119 Å². The van der Waals surface area contributed by atoms with Gasteiger partial charge in [0.1, 0.15) is 0 Å². The van der Waals surface area contributed by atoms with Gasteiger partial charge in [-0.3, -0.25) is 9.36 Å². The molecule has 1 aliphatic carbocycles. The van der Waals surface area contributed by atoms with Gasteiger partial charge < -0.3 is 9.84 Å². The molecule has 0 saturated carbocycles. The molecular weight excluding hydrogens is 524 g/mol. The predicted molar refractivity (Wildman–Crippen MR) is 142 cm³/mol. The lowest BCUT2D eigenvalue weighted by atomic mass is 9.83. The van der Waals surface area contributed by atoms with Crippen LogP contribution in [0, 0.1) is 0 Å². The van der Waals surface area contributed by atoms with E-state index in [1.54, 1.807) is 18.2 Å². The Balaban J connectivity index is 1.60. The number of halogens is 1. The summed E-state index contributed by atoms with van der Waals surface area (Å²) in [4.78, 5) is 19.5. The number of thiazole rings is 1. The maximum atomic E-state index is 13.8. The average Bonchev–Trinajstić information content (AvgIpc) is 3.19. The first-order valence-corrected chi connectivity index (χ1v) is 12.9. The third kappa shape index (κ3) is 3.75. The molecule has 0 fully saturated rings. The first-order valence-electron chi connectivity index (χ1n) is 11.3.